The maximum Gasteiger partial charge on any atom is 0.335 e. The monoisotopic (exact) mass is 271 g/mol. The molecule has 0 bridgehead atoms. The molecular weight excluding hydrogens is 256 g/mol. The number of hydrogen-bond acceptors (Lipinski definition) is 3. The number of rotatable bonds is 3. The van der Waals surface area contributed by atoms with E-state index in [-0.39, 0.29) is 11.8 Å². The van der Waals surface area contributed by atoms with Gasteiger partial charge in [-0.2, -0.15) is 0 Å². The summed E-state index contributed by atoms with van der Waals surface area (Å²) >= 11 is 0. The molecule has 1 aliphatic heterocycles. The van der Waals surface area contributed by atoms with Crippen LogP contribution in [0.4, 0.5) is 14.5 Å². The summed E-state index contributed by atoms with van der Waals surface area (Å²) in [5.74, 6) is -3.21. The maximum atomic E-state index is 13.8. The zero-order valence-corrected chi connectivity index (χ0v) is 10.7. The van der Waals surface area contributed by atoms with Gasteiger partial charge in [0, 0.05) is 6.61 Å². The van der Waals surface area contributed by atoms with Gasteiger partial charge in [-0.3, -0.25) is 0 Å². The molecule has 6 heteroatoms. The molecule has 0 saturated carbocycles. The van der Waals surface area contributed by atoms with E-state index in [2.05, 4.69) is 5.32 Å². The summed E-state index contributed by atoms with van der Waals surface area (Å²) in [6.07, 6.45) is 0.429. The zero-order chi connectivity index (χ0) is 14.2. The molecule has 0 radical (unpaired) electrons. The molecule has 0 aromatic heterocycles. The Morgan fingerprint density at radius 2 is 2.05 bits per heavy atom. The van der Waals surface area contributed by atoms with Crippen molar-refractivity contribution in [1.82, 2.24) is 0 Å². The van der Waals surface area contributed by atoms with E-state index < -0.39 is 28.7 Å². The second-order valence-electron chi connectivity index (χ2n) is 4.93. The van der Waals surface area contributed by atoms with Crippen molar-refractivity contribution in [1.29, 1.82) is 0 Å². The molecule has 2 rings (SSSR count). The topological polar surface area (TPSA) is 58.6 Å². The van der Waals surface area contributed by atoms with Crippen molar-refractivity contribution in [3.8, 4) is 0 Å². The molecular formula is C13H15F2NO3. The Morgan fingerprint density at radius 3 is 2.47 bits per heavy atom. The van der Waals surface area contributed by atoms with E-state index in [1.807, 2.05) is 13.8 Å². The minimum Gasteiger partial charge on any atom is -0.478 e. The second kappa shape index (κ2) is 4.77. The van der Waals surface area contributed by atoms with E-state index in [1.165, 1.54) is 0 Å². The SMILES string of the molecule is CC1OCCC1(C)Nc1c(F)cc(C(=O)O)cc1F. The minimum absolute atomic E-state index is 0.189. The van der Waals surface area contributed by atoms with Crippen molar-refractivity contribution < 1.29 is 23.4 Å². The zero-order valence-electron chi connectivity index (χ0n) is 10.7. The third kappa shape index (κ3) is 2.53. The van der Waals surface area contributed by atoms with E-state index in [9.17, 15) is 13.6 Å². The first-order chi connectivity index (χ1) is 8.83. The highest BCUT2D eigenvalue weighted by atomic mass is 19.1. The molecule has 2 unspecified atom stereocenters. The predicted molar refractivity (Wildman–Crippen MR) is 65.4 cm³/mol. The molecule has 2 N–H and O–H groups in total. The average Bonchev–Trinajstić information content (AvgIpc) is 2.64. The summed E-state index contributed by atoms with van der Waals surface area (Å²) in [5.41, 5.74) is -1.31. The highest BCUT2D eigenvalue weighted by Gasteiger charge is 2.38. The smallest absolute Gasteiger partial charge is 0.335 e. The summed E-state index contributed by atoms with van der Waals surface area (Å²) < 4.78 is 33.0. The Morgan fingerprint density at radius 1 is 1.47 bits per heavy atom. The summed E-state index contributed by atoms with van der Waals surface area (Å²) in [7, 11) is 0. The summed E-state index contributed by atoms with van der Waals surface area (Å²) in [4.78, 5) is 10.7. The van der Waals surface area contributed by atoms with Crippen LogP contribution in [0.1, 0.15) is 30.6 Å². The Hall–Kier alpha value is -1.69. The van der Waals surface area contributed by atoms with Crippen molar-refractivity contribution >= 4 is 11.7 Å². The van der Waals surface area contributed by atoms with Crippen LogP contribution in [-0.2, 0) is 4.74 Å². The number of ether oxygens (including phenoxy) is 1. The molecule has 4 nitrogen and oxygen atoms in total. The number of carboxylic acid groups (broad SMARTS) is 1. The first-order valence-corrected chi connectivity index (χ1v) is 5.95. The fourth-order valence-electron chi connectivity index (χ4n) is 2.10. The number of nitrogens with one attached hydrogen (secondary N) is 1. The molecule has 1 aromatic rings. The van der Waals surface area contributed by atoms with Crippen LogP contribution in [0.25, 0.3) is 0 Å². The molecule has 0 spiro atoms. The lowest BCUT2D eigenvalue weighted by atomic mass is 9.94. The fraction of sp³-hybridized carbons (Fsp3) is 0.462. The largest absolute Gasteiger partial charge is 0.478 e. The van der Waals surface area contributed by atoms with Crippen LogP contribution in [0.15, 0.2) is 12.1 Å². The van der Waals surface area contributed by atoms with E-state index in [4.69, 9.17) is 9.84 Å². The first kappa shape index (κ1) is 13.7. The van der Waals surface area contributed by atoms with Gasteiger partial charge in [0.25, 0.3) is 0 Å². The molecule has 1 aromatic carbocycles. The van der Waals surface area contributed by atoms with Gasteiger partial charge in [-0.25, -0.2) is 13.6 Å². The van der Waals surface area contributed by atoms with Crippen LogP contribution in [-0.4, -0.2) is 29.3 Å². The molecule has 104 valence electrons. The van der Waals surface area contributed by atoms with Gasteiger partial charge < -0.3 is 15.2 Å². The van der Waals surface area contributed by atoms with Gasteiger partial charge in [0.1, 0.15) is 17.3 Å². The van der Waals surface area contributed by atoms with Gasteiger partial charge in [0.15, 0.2) is 0 Å². The average molecular weight is 271 g/mol. The summed E-state index contributed by atoms with van der Waals surface area (Å²) in [6, 6.07) is 1.61. The highest BCUT2D eigenvalue weighted by molar-refractivity contribution is 5.88. The number of hydrogen-bond donors (Lipinski definition) is 2. The van der Waals surface area contributed by atoms with E-state index in [0.717, 1.165) is 12.1 Å². The van der Waals surface area contributed by atoms with Gasteiger partial charge in [-0.1, -0.05) is 0 Å². The number of halogens is 2. The number of aromatic carboxylic acids is 1. The number of carboxylic acids is 1. The number of benzene rings is 1. The molecule has 1 aliphatic rings. The lowest BCUT2D eigenvalue weighted by Crippen LogP contribution is -2.41. The van der Waals surface area contributed by atoms with Crippen LogP contribution in [0, 0.1) is 11.6 Å². The van der Waals surface area contributed by atoms with Crippen molar-refractivity contribution in [3.05, 3.63) is 29.3 Å². The number of carbonyl (C=O) groups is 1. The fourth-order valence-corrected chi connectivity index (χ4v) is 2.10. The van der Waals surface area contributed by atoms with Gasteiger partial charge >= 0.3 is 5.97 Å². The molecule has 1 heterocycles. The lowest BCUT2D eigenvalue weighted by Gasteiger charge is -2.30. The Kier molecular flexibility index (Phi) is 3.45. The van der Waals surface area contributed by atoms with E-state index in [0.29, 0.717) is 13.0 Å². The molecule has 1 saturated heterocycles. The number of anilines is 1. The molecule has 0 amide bonds. The van der Waals surface area contributed by atoms with Gasteiger partial charge in [-0.05, 0) is 32.4 Å². The van der Waals surface area contributed by atoms with Crippen LogP contribution in [0.2, 0.25) is 0 Å². The lowest BCUT2D eigenvalue weighted by molar-refractivity contribution is 0.0695. The molecule has 1 fully saturated rings. The van der Waals surface area contributed by atoms with E-state index >= 15 is 0 Å². The molecule has 0 aliphatic carbocycles. The quantitative estimate of drug-likeness (QED) is 0.887. The van der Waals surface area contributed by atoms with Crippen molar-refractivity contribution in [2.75, 3.05) is 11.9 Å². The minimum atomic E-state index is -1.37. The summed E-state index contributed by atoms with van der Waals surface area (Å²) in [5, 5.41) is 11.5. The van der Waals surface area contributed by atoms with Crippen molar-refractivity contribution in [2.45, 2.75) is 31.9 Å². The van der Waals surface area contributed by atoms with Gasteiger partial charge in [-0.15, -0.1) is 0 Å². The Balaban J connectivity index is 2.33. The van der Waals surface area contributed by atoms with Crippen molar-refractivity contribution in [3.63, 3.8) is 0 Å². The van der Waals surface area contributed by atoms with E-state index in [1.54, 1.807) is 0 Å². The van der Waals surface area contributed by atoms with Crippen molar-refractivity contribution in [2.24, 2.45) is 0 Å². The van der Waals surface area contributed by atoms with Crippen LogP contribution in [0.3, 0.4) is 0 Å². The molecule has 19 heavy (non-hydrogen) atoms. The van der Waals surface area contributed by atoms with Crippen LogP contribution < -0.4 is 5.32 Å². The normalized spacial score (nSPS) is 26.4. The van der Waals surface area contributed by atoms with Gasteiger partial charge in [0.05, 0.1) is 17.2 Å². The third-order valence-corrected chi connectivity index (χ3v) is 3.59. The predicted octanol–water partition coefficient (Wildman–Crippen LogP) is 2.64. The second-order valence-corrected chi connectivity index (χ2v) is 4.93. The Bertz CT molecular complexity index is 498. The highest BCUT2D eigenvalue weighted by Crippen LogP contribution is 2.32. The maximum absolute atomic E-state index is 13.8. The first-order valence-electron chi connectivity index (χ1n) is 5.95. The van der Waals surface area contributed by atoms with Crippen LogP contribution in [0.5, 0.6) is 0 Å². The summed E-state index contributed by atoms with van der Waals surface area (Å²) in [6.45, 7) is 4.15. The molecule has 2 atom stereocenters. The van der Waals surface area contributed by atoms with Gasteiger partial charge in [0.2, 0.25) is 0 Å². The van der Waals surface area contributed by atoms with Crippen LogP contribution >= 0.6 is 0 Å². The third-order valence-electron chi connectivity index (χ3n) is 3.59. The Labute approximate surface area is 109 Å². The standard InChI is InChI=1S/C13H15F2NO3/c1-7-13(2,3-4-19-7)16-11-9(14)5-8(12(17)18)6-10(11)15/h5-7,16H,3-4H2,1-2H3,(H,17,18).